The van der Waals surface area contributed by atoms with Crippen molar-refractivity contribution in [2.45, 2.75) is 18.5 Å². The van der Waals surface area contributed by atoms with Crippen LogP contribution in [0.15, 0.2) is 48.7 Å². The topological polar surface area (TPSA) is 127 Å². The van der Waals surface area contributed by atoms with Crippen molar-refractivity contribution in [3.05, 3.63) is 65.9 Å². The molecule has 0 saturated carbocycles. The van der Waals surface area contributed by atoms with E-state index in [0.717, 1.165) is 33.7 Å². The maximum atomic E-state index is 13.8. The van der Waals surface area contributed by atoms with Crippen LogP contribution in [0.5, 0.6) is 5.75 Å². The van der Waals surface area contributed by atoms with Gasteiger partial charge in [0.1, 0.15) is 5.82 Å². The number of hydrogen-bond acceptors (Lipinski definition) is 6. The number of H-pyrrole nitrogens is 1. The number of nitrogen functional groups attached to an aromatic ring is 1. The molecule has 2 aromatic heterocycles. The van der Waals surface area contributed by atoms with Crippen molar-refractivity contribution in [2.75, 3.05) is 12.3 Å². The summed E-state index contributed by atoms with van der Waals surface area (Å²) < 4.78 is 51.2. The molecule has 1 aliphatic heterocycles. The molecule has 0 bridgehead atoms. The number of benzene rings is 2. The van der Waals surface area contributed by atoms with Crippen molar-refractivity contribution >= 4 is 23.0 Å². The van der Waals surface area contributed by atoms with Gasteiger partial charge in [0.2, 0.25) is 5.95 Å². The number of ether oxygens (including phenoxy) is 1. The predicted molar refractivity (Wildman–Crippen MR) is 114 cm³/mol. The summed E-state index contributed by atoms with van der Waals surface area (Å²) in [5.41, 5.74) is 10.00. The summed E-state index contributed by atoms with van der Waals surface area (Å²) in [6, 6.07) is 12.7. The first-order valence-corrected chi connectivity index (χ1v) is 9.90. The number of nitrogens with one attached hydrogen (secondary N) is 1. The Morgan fingerprint density at radius 3 is 2.65 bits per heavy atom. The average molecular weight is 475 g/mol. The van der Waals surface area contributed by atoms with E-state index >= 15 is 0 Å². The van der Waals surface area contributed by atoms with Crippen LogP contribution in [0, 0.1) is 5.82 Å². The van der Waals surface area contributed by atoms with E-state index in [0.29, 0.717) is 18.8 Å². The third-order valence-electron chi connectivity index (χ3n) is 5.04. The van der Waals surface area contributed by atoms with E-state index in [9.17, 15) is 17.6 Å². The molecule has 12 heteroatoms. The number of carboxylic acid groups (broad SMARTS) is 1. The molecule has 0 fully saturated rings. The van der Waals surface area contributed by atoms with Crippen molar-refractivity contribution in [1.29, 1.82) is 0 Å². The fourth-order valence-electron chi connectivity index (χ4n) is 3.48. The van der Waals surface area contributed by atoms with Gasteiger partial charge in [0.15, 0.2) is 11.6 Å². The highest BCUT2D eigenvalue weighted by atomic mass is 19.4. The van der Waals surface area contributed by atoms with Gasteiger partial charge in [-0.1, -0.05) is 18.2 Å². The van der Waals surface area contributed by atoms with E-state index in [1.54, 1.807) is 12.3 Å². The minimum atomic E-state index is -5.08. The molecule has 176 valence electrons. The van der Waals surface area contributed by atoms with Crippen molar-refractivity contribution < 1.29 is 32.2 Å². The minimum Gasteiger partial charge on any atom is -0.489 e. The van der Waals surface area contributed by atoms with Gasteiger partial charge in [-0.2, -0.15) is 13.2 Å². The lowest BCUT2D eigenvalue weighted by atomic mass is 9.96. The van der Waals surface area contributed by atoms with Crippen molar-refractivity contribution in [2.24, 2.45) is 0 Å². The third-order valence-corrected chi connectivity index (χ3v) is 5.04. The van der Waals surface area contributed by atoms with Gasteiger partial charge >= 0.3 is 12.1 Å². The largest absolute Gasteiger partial charge is 0.490 e. The van der Waals surface area contributed by atoms with E-state index in [4.69, 9.17) is 25.4 Å². The number of aliphatic carboxylic acids is 1. The van der Waals surface area contributed by atoms with Gasteiger partial charge in [-0.25, -0.2) is 24.1 Å². The normalized spacial score (nSPS) is 15.1. The van der Waals surface area contributed by atoms with Crippen LogP contribution < -0.4 is 10.5 Å². The molecule has 1 aliphatic rings. The molecule has 0 spiro atoms. The number of para-hydroxylation sites is 1. The highest BCUT2D eigenvalue weighted by molar-refractivity contribution is 5.81. The Kier molecular flexibility index (Phi) is 6.05. The van der Waals surface area contributed by atoms with Crippen LogP contribution >= 0.6 is 0 Å². The summed E-state index contributed by atoms with van der Waals surface area (Å²) in [4.78, 5) is 25.1. The average Bonchev–Trinajstić information content (AvgIpc) is 3.22. The lowest BCUT2D eigenvalue weighted by Crippen LogP contribution is -2.21. The van der Waals surface area contributed by atoms with Crippen molar-refractivity contribution in [1.82, 2.24) is 19.9 Å². The number of hydrogen-bond donors (Lipinski definition) is 3. The maximum absolute atomic E-state index is 13.8. The zero-order valence-corrected chi connectivity index (χ0v) is 17.3. The van der Waals surface area contributed by atoms with E-state index in [1.807, 2.05) is 30.3 Å². The molecular weight excluding hydrogens is 458 g/mol. The second-order valence-electron chi connectivity index (χ2n) is 7.40. The van der Waals surface area contributed by atoms with Crippen LogP contribution in [-0.4, -0.2) is 43.8 Å². The number of carboxylic acids is 1. The third kappa shape index (κ3) is 4.90. The fourth-order valence-corrected chi connectivity index (χ4v) is 3.48. The molecule has 0 radical (unpaired) electrons. The fraction of sp³-hybridized carbons (Fsp3) is 0.182. The van der Waals surface area contributed by atoms with E-state index in [-0.39, 0.29) is 17.7 Å². The zero-order valence-electron chi connectivity index (χ0n) is 17.3. The molecule has 1 atom stereocenters. The summed E-state index contributed by atoms with van der Waals surface area (Å²) in [7, 11) is 0. The number of rotatable bonds is 2. The predicted octanol–water partition coefficient (Wildman–Crippen LogP) is 4.09. The molecule has 0 amide bonds. The van der Waals surface area contributed by atoms with Crippen LogP contribution in [0.3, 0.4) is 0 Å². The summed E-state index contributed by atoms with van der Waals surface area (Å²) in [5.74, 6) is -1.60. The van der Waals surface area contributed by atoms with Gasteiger partial charge in [0, 0.05) is 11.8 Å². The number of aromatic nitrogens is 4. The van der Waals surface area contributed by atoms with Crippen molar-refractivity contribution in [3.63, 3.8) is 0 Å². The van der Waals surface area contributed by atoms with E-state index in [1.165, 1.54) is 6.07 Å². The summed E-state index contributed by atoms with van der Waals surface area (Å²) in [6.07, 6.45) is -2.77. The number of carbonyl (C=O) groups is 1. The van der Waals surface area contributed by atoms with Gasteiger partial charge in [-0.15, -0.1) is 0 Å². The summed E-state index contributed by atoms with van der Waals surface area (Å²) in [6.45, 7) is 0.392. The molecule has 8 nitrogen and oxygen atoms in total. The van der Waals surface area contributed by atoms with E-state index in [2.05, 4.69) is 15.0 Å². The standard InChI is InChI=1S/C20H16FN5O.C2HF3O2/c21-14-3-1-2-12-8-13(10-27-18(12)14)19-24-16-5-4-11(9-17(16)25-19)15-6-7-23-20(22)26-15;3-2(4,5)1(6)7/h1-7,9,13H,8,10H2,(H,24,25)(H2,22,23,26);(H,6,7). The van der Waals surface area contributed by atoms with Gasteiger partial charge in [-0.3, -0.25) is 0 Å². The number of anilines is 1. The smallest absolute Gasteiger partial charge is 0.489 e. The maximum Gasteiger partial charge on any atom is 0.490 e. The SMILES string of the molecule is Nc1nccc(-c2ccc3nc(C4COc5c(F)cccc5C4)[nH]c3c2)n1.O=C(O)C(F)(F)F. The van der Waals surface area contributed by atoms with E-state index < -0.39 is 12.1 Å². The second kappa shape index (κ2) is 8.96. The first-order chi connectivity index (χ1) is 16.1. The first-order valence-electron chi connectivity index (χ1n) is 9.90. The van der Waals surface area contributed by atoms with Crippen molar-refractivity contribution in [3.8, 4) is 17.0 Å². The van der Waals surface area contributed by atoms with Gasteiger partial charge in [0.05, 0.1) is 29.3 Å². The molecule has 3 heterocycles. The number of halogens is 4. The minimum absolute atomic E-state index is 0.0462. The Morgan fingerprint density at radius 2 is 1.94 bits per heavy atom. The molecule has 4 aromatic rings. The summed E-state index contributed by atoms with van der Waals surface area (Å²) in [5, 5.41) is 7.12. The van der Waals surface area contributed by atoms with Gasteiger partial charge in [-0.05, 0) is 36.2 Å². The molecular formula is C22H17F4N5O3. The molecule has 0 saturated heterocycles. The number of nitrogens with zero attached hydrogens (tertiary/aromatic N) is 3. The van der Waals surface area contributed by atoms with Crippen LogP contribution in [0.4, 0.5) is 23.5 Å². The summed E-state index contributed by atoms with van der Waals surface area (Å²) >= 11 is 0. The number of alkyl halides is 3. The molecule has 0 aliphatic carbocycles. The molecule has 2 aromatic carbocycles. The Labute approximate surface area is 189 Å². The Hall–Kier alpha value is -4.22. The molecule has 1 unspecified atom stereocenters. The monoisotopic (exact) mass is 475 g/mol. The van der Waals surface area contributed by atoms with Crippen LogP contribution in [-0.2, 0) is 11.2 Å². The van der Waals surface area contributed by atoms with Gasteiger partial charge < -0.3 is 20.6 Å². The van der Waals surface area contributed by atoms with Crippen LogP contribution in [0.1, 0.15) is 17.3 Å². The van der Waals surface area contributed by atoms with Crippen LogP contribution in [0.25, 0.3) is 22.3 Å². The highest BCUT2D eigenvalue weighted by Crippen LogP contribution is 2.34. The highest BCUT2D eigenvalue weighted by Gasteiger charge is 2.38. The first kappa shape index (κ1) is 23.0. The molecule has 34 heavy (non-hydrogen) atoms. The number of imidazole rings is 1. The number of fused-ring (bicyclic) bond motifs is 2. The Morgan fingerprint density at radius 1 is 1.18 bits per heavy atom. The molecule has 4 N–H and O–H groups in total. The lowest BCUT2D eigenvalue weighted by molar-refractivity contribution is -0.192. The van der Waals surface area contributed by atoms with Crippen LogP contribution in [0.2, 0.25) is 0 Å². The number of nitrogens with two attached hydrogens (primary N) is 1. The number of aromatic amines is 1. The Bertz CT molecular complexity index is 1360. The zero-order chi connectivity index (χ0) is 24.5. The second-order valence-corrected chi connectivity index (χ2v) is 7.40. The quantitative estimate of drug-likeness (QED) is 0.373. The Balaban J connectivity index is 0.000000344. The molecule has 5 rings (SSSR count). The van der Waals surface area contributed by atoms with Gasteiger partial charge in [0.25, 0.3) is 0 Å². The lowest BCUT2D eigenvalue weighted by Gasteiger charge is -2.24.